The highest BCUT2D eigenvalue weighted by atomic mass is 16.6. The molecule has 208 valence electrons. The van der Waals surface area contributed by atoms with E-state index in [9.17, 15) is 24.3 Å². The minimum absolute atomic E-state index is 0.218. The summed E-state index contributed by atoms with van der Waals surface area (Å²) >= 11 is 0. The number of carbonyl (C=O) groups excluding carboxylic acids is 3. The Morgan fingerprint density at radius 2 is 1.75 bits per heavy atom. The van der Waals surface area contributed by atoms with Gasteiger partial charge in [-0.25, -0.2) is 0 Å². The van der Waals surface area contributed by atoms with Gasteiger partial charge in [0.1, 0.15) is 23.2 Å². The monoisotopic (exact) mass is 545 g/mol. The molecular formula is C30H29N2O8-. The Labute approximate surface area is 229 Å². The number of hydrogen-bond acceptors (Lipinski definition) is 8. The Morgan fingerprint density at radius 3 is 2.33 bits per heavy atom. The third kappa shape index (κ3) is 4.20. The van der Waals surface area contributed by atoms with E-state index >= 15 is 0 Å². The summed E-state index contributed by atoms with van der Waals surface area (Å²) in [4.78, 5) is 50.9. The molecule has 10 nitrogen and oxygen atoms in total. The van der Waals surface area contributed by atoms with Crippen molar-refractivity contribution in [1.29, 1.82) is 0 Å². The smallest absolute Gasteiger partial charge is 0.303 e. The number of aliphatic carboxylic acids is 1. The summed E-state index contributed by atoms with van der Waals surface area (Å²) in [5, 5.41) is 17.2. The molecule has 3 aromatic carbocycles. The summed E-state index contributed by atoms with van der Waals surface area (Å²) in [6, 6.07) is 11.3. The Bertz CT molecular complexity index is 1790. The summed E-state index contributed by atoms with van der Waals surface area (Å²) in [6.45, 7) is 5.66. The molecule has 3 atom stereocenters. The zero-order valence-corrected chi connectivity index (χ0v) is 23.0. The van der Waals surface area contributed by atoms with Gasteiger partial charge in [0.05, 0.1) is 47.0 Å². The van der Waals surface area contributed by atoms with Gasteiger partial charge in [0.25, 0.3) is 0 Å². The van der Waals surface area contributed by atoms with Crippen LogP contribution in [0.4, 0.5) is 0 Å². The first-order valence-corrected chi connectivity index (χ1v) is 12.8. The normalized spacial score (nSPS) is 18.6. The van der Waals surface area contributed by atoms with Crippen LogP contribution in [0.25, 0.3) is 32.6 Å². The summed E-state index contributed by atoms with van der Waals surface area (Å²) in [5.41, 5.74) is -0.330. The van der Waals surface area contributed by atoms with Crippen LogP contribution in [0.15, 0.2) is 47.3 Å². The number of nitrogens with zero attached hydrogens (tertiary/aromatic N) is 1. The maximum absolute atomic E-state index is 14.1. The summed E-state index contributed by atoms with van der Waals surface area (Å²) < 4.78 is 19.6. The highest BCUT2D eigenvalue weighted by Gasteiger charge is 2.52. The lowest BCUT2D eigenvalue weighted by molar-refractivity contribution is -0.312. The molecule has 40 heavy (non-hydrogen) atoms. The number of amides is 1. The number of carbonyl (C=O) groups is 3. The highest BCUT2D eigenvalue weighted by molar-refractivity contribution is 6.04. The molecular weight excluding hydrogens is 516 g/mol. The summed E-state index contributed by atoms with van der Waals surface area (Å²) in [6.07, 6.45) is -1.23. The molecule has 2 heterocycles. The SMILES string of the molecule is COc1cc2c(c3c1c(=O)c1cc4ccccc4cc1n3C)C(OC(C)=O)C(C(NC(C)=O)C(=O)[O-])C(C)(C)O2. The van der Waals surface area contributed by atoms with Crippen LogP contribution in [0.3, 0.4) is 0 Å². The first-order valence-electron chi connectivity index (χ1n) is 12.8. The van der Waals surface area contributed by atoms with Crippen LogP contribution in [0.1, 0.15) is 39.4 Å². The molecule has 0 radical (unpaired) electrons. The Morgan fingerprint density at radius 1 is 1.10 bits per heavy atom. The van der Waals surface area contributed by atoms with Crippen molar-refractivity contribution in [1.82, 2.24) is 9.88 Å². The number of esters is 1. The minimum Gasteiger partial charge on any atom is -0.548 e. The lowest BCUT2D eigenvalue weighted by atomic mass is 9.74. The third-order valence-corrected chi connectivity index (χ3v) is 7.57. The number of carboxylic acid groups (broad SMARTS) is 1. The lowest BCUT2D eigenvalue weighted by Crippen LogP contribution is -2.61. The van der Waals surface area contributed by atoms with Crippen molar-refractivity contribution in [3.8, 4) is 11.5 Å². The summed E-state index contributed by atoms with van der Waals surface area (Å²) in [5.74, 6) is -3.48. The zero-order valence-electron chi connectivity index (χ0n) is 23.0. The second-order valence-corrected chi connectivity index (χ2v) is 10.6. The number of pyridine rings is 1. The van der Waals surface area contributed by atoms with Crippen LogP contribution in [0, 0.1) is 5.92 Å². The van der Waals surface area contributed by atoms with Crippen LogP contribution in [0.5, 0.6) is 11.5 Å². The molecule has 0 saturated heterocycles. The number of aryl methyl sites for hydroxylation is 1. The molecule has 1 N–H and O–H groups in total. The van der Waals surface area contributed by atoms with E-state index < -0.39 is 41.5 Å². The predicted molar refractivity (Wildman–Crippen MR) is 146 cm³/mol. The molecule has 10 heteroatoms. The van der Waals surface area contributed by atoms with E-state index in [2.05, 4.69) is 5.32 Å². The third-order valence-electron chi connectivity index (χ3n) is 7.57. The molecule has 1 aliphatic heterocycles. The molecule has 1 aliphatic rings. The van der Waals surface area contributed by atoms with Gasteiger partial charge in [-0.05, 0) is 36.8 Å². The number of benzene rings is 3. The molecule has 0 saturated carbocycles. The molecule has 1 amide bonds. The average Bonchev–Trinajstić information content (AvgIpc) is 2.88. The molecule has 0 bridgehead atoms. The molecule has 0 fully saturated rings. The fourth-order valence-corrected chi connectivity index (χ4v) is 5.97. The first kappa shape index (κ1) is 27.0. The fraction of sp³-hybridized carbons (Fsp3) is 0.333. The van der Waals surface area contributed by atoms with Crippen LogP contribution in [-0.2, 0) is 26.2 Å². The largest absolute Gasteiger partial charge is 0.548 e. The van der Waals surface area contributed by atoms with Gasteiger partial charge >= 0.3 is 5.97 Å². The molecule has 1 aromatic heterocycles. The van der Waals surface area contributed by atoms with E-state index in [1.165, 1.54) is 21.0 Å². The van der Waals surface area contributed by atoms with Crippen LogP contribution < -0.4 is 25.3 Å². The Hall–Kier alpha value is -4.60. The fourth-order valence-electron chi connectivity index (χ4n) is 5.97. The number of rotatable bonds is 5. The van der Waals surface area contributed by atoms with Gasteiger partial charge in [-0.3, -0.25) is 14.4 Å². The van der Waals surface area contributed by atoms with E-state index in [1.54, 1.807) is 31.5 Å². The van der Waals surface area contributed by atoms with E-state index in [0.717, 1.165) is 10.8 Å². The molecule has 3 unspecified atom stereocenters. The maximum Gasteiger partial charge on any atom is 0.303 e. The van der Waals surface area contributed by atoms with Gasteiger partial charge in [-0.15, -0.1) is 0 Å². The van der Waals surface area contributed by atoms with Crippen molar-refractivity contribution in [2.24, 2.45) is 13.0 Å². The molecule has 0 aliphatic carbocycles. The van der Waals surface area contributed by atoms with Gasteiger partial charge < -0.3 is 34.0 Å². The lowest BCUT2D eigenvalue weighted by Gasteiger charge is -2.48. The first-order chi connectivity index (χ1) is 18.9. The minimum atomic E-state index is -1.58. The van der Waals surface area contributed by atoms with Crippen LogP contribution >= 0.6 is 0 Å². The van der Waals surface area contributed by atoms with Crippen molar-refractivity contribution in [2.45, 2.75) is 45.4 Å². The Kier molecular flexibility index (Phi) is 6.44. The molecule has 5 rings (SSSR count). The summed E-state index contributed by atoms with van der Waals surface area (Å²) in [7, 11) is 3.21. The van der Waals surface area contributed by atoms with E-state index in [-0.39, 0.29) is 22.3 Å². The highest BCUT2D eigenvalue weighted by Crippen LogP contribution is 2.51. The zero-order chi connectivity index (χ0) is 29.1. The average molecular weight is 546 g/mol. The van der Waals surface area contributed by atoms with Gasteiger partial charge in [-0.2, -0.15) is 0 Å². The predicted octanol–water partition coefficient (Wildman–Crippen LogP) is 2.50. The van der Waals surface area contributed by atoms with Crippen molar-refractivity contribution in [3.05, 3.63) is 58.3 Å². The number of aromatic nitrogens is 1. The van der Waals surface area contributed by atoms with E-state index in [0.29, 0.717) is 22.0 Å². The second-order valence-electron chi connectivity index (χ2n) is 10.6. The van der Waals surface area contributed by atoms with Crippen LogP contribution in [0.2, 0.25) is 0 Å². The van der Waals surface area contributed by atoms with Gasteiger partial charge in [0, 0.05) is 32.3 Å². The van der Waals surface area contributed by atoms with Crippen molar-refractivity contribution >= 4 is 50.4 Å². The number of fused-ring (bicyclic) bond motifs is 5. The van der Waals surface area contributed by atoms with Gasteiger partial charge in [-0.1, -0.05) is 24.3 Å². The standard InChI is InChI=1S/C30H30N2O8/c1-14(33)31-25(29(36)37)24-28(39-15(2)34)23-21(40-30(24,3)4)13-20(38-6)22-26(23)32(5)19-12-17-10-8-7-9-16(17)11-18(19)27(22)35/h7-13,24-25,28H,1-6H3,(H,31,33)(H,36,37)/p-1. The topological polar surface area (TPSA) is 136 Å². The van der Waals surface area contributed by atoms with E-state index in [4.69, 9.17) is 14.2 Å². The van der Waals surface area contributed by atoms with Crippen LogP contribution in [-0.4, -0.2) is 41.2 Å². The quantitative estimate of drug-likeness (QED) is 0.299. The van der Waals surface area contributed by atoms with Gasteiger partial charge in [0.2, 0.25) is 11.3 Å². The van der Waals surface area contributed by atoms with Crippen molar-refractivity contribution < 1.29 is 33.7 Å². The Balaban J connectivity index is 1.94. The molecule has 4 aromatic rings. The molecule has 0 spiro atoms. The van der Waals surface area contributed by atoms with Gasteiger partial charge in [0.15, 0.2) is 0 Å². The number of hydrogen-bond donors (Lipinski definition) is 1. The van der Waals surface area contributed by atoms with Crippen molar-refractivity contribution in [3.63, 3.8) is 0 Å². The second kappa shape index (κ2) is 9.55. The number of methoxy groups -OCH3 is 1. The van der Waals surface area contributed by atoms with E-state index in [1.807, 2.05) is 36.4 Å². The number of ether oxygens (including phenoxy) is 3. The number of nitrogens with one attached hydrogen (secondary N) is 1. The van der Waals surface area contributed by atoms with Crippen molar-refractivity contribution in [2.75, 3.05) is 7.11 Å². The number of carboxylic acids is 1. The maximum atomic E-state index is 14.1.